The summed E-state index contributed by atoms with van der Waals surface area (Å²) < 4.78 is 23.3. The van der Waals surface area contributed by atoms with E-state index in [9.17, 15) is 8.78 Å². The Balaban J connectivity index is 3.03. The highest BCUT2D eigenvalue weighted by Gasteiger charge is 1.98. The Morgan fingerprint density at radius 2 is 2.08 bits per heavy atom. The van der Waals surface area contributed by atoms with Gasteiger partial charge < -0.3 is 0 Å². The molecule has 0 amide bonds. The van der Waals surface area contributed by atoms with Crippen molar-refractivity contribution in [1.82, 2.24) is 0 Å². The molecular weight excluding hydrogens is 178 g/mol. The molecule has 0 bridgehead atoms. The lowest BCUT2D eigenvalue weighted by Crippen LogP contribution is -1.88. The molecule has 0 unspecified atom stereocenters. The van der Waals surface area contributed by atoms with Crippen molar-refractivity contribution in [1.29, 1.82) is 0 Å². The van der Waals surface area contributed by atoms with Crippen molar-refractivity contribution >= 4 is 11.8 Å². The van der Waals surface area contributed by atoms with Crippen LogP contribution in [0, 0.1) is 6.92 Å². The van der Waals surface area contributed by atoms with Gasteiger partial charge in [0, 0.05) is 12.2 Å². The molecule has 0 fully saturated rings. The van der Waals surface area contributed by atoms with Crippen LogP contribution < -0.4 is 0 Å². The maximum absolute atomic E-state index is 11.6. The van der Waals surface area contributed by atoms with Crippen LogP contribution >= 0.6 is 11.8 Å². The molecule has 0 saturated heterocycles. The van der Waals surface area contributed by atoms with E-state index in [0.717, 1.165) is 17.9 Å². The summed E-state index contributed by atoms with van der Waals surface area (Å²) in [6.07, 6.45) is 3.21. The van der Waals surface area contributed by atoms with Crippen LogP contribution in [0.3, 0.4) is 0 Å². The molecule has 0 N–H and O–H groups in total. The number of hydrogen-bond donors (Lipinski definition) is 0. The van der Waals surface area contributed by atoms with Gasteiger partial charge in [0.1, 0.15) is 0 Å². The normalized spacial score (nSPS) is 11.7. The number of halogens is 2. The summed E-state index contributed by atoms with van der Waals surface area (Å²) in [7, 11) is 0. The molecule has 3 heteroatoms. The summed E-state index contributed by atoms with van der Waals surface area (Å²) in [6.45, 7) is 3.67. The third kappa shape index (κ3) is 9.95. The van der Waals surface area contributed by atoms with E-state index >= 15 is 0 Å². The first-order valence-electron chi connectivity index (χ1n) is 4.07. The van der Waals surface area contributed by atoms with Crippen LogP contribution in [0.15, 0.2) is 12.2 Å². The monoisotopic (exact) mass is 193 g/mol. The number of rotatable bonds is 7. The second kappa shape index (κ2) is 9.04. The Morgan fingerprint density at radius 1 is 1.33 bits per heavy atom. The van der Waals surface area contributed by atoms with Gasteiger partial charge >= 0.3 is 0 Å². The molecule has 12 heavy (non-hydrogen) atoms. The van der Waals surface area contributed by atoms with Gasteiger partial charge in [-0.15, -0.1) is 0 Å². The minimum atomic E-state index is -2.15. The predicted molar refractivity (Wildman–Crippen MR) is 51.7 cm³/mol. The molecule has 1 radical (unpaired) electrons. The standard InChI is InChI=1S/C9H15F2S/c1-2-12-8-6-4-3-5-7-9(10)11/h4,6,9H,1-3,5,7-8H2. The van der Waals surface area contributed by atoms with Crippen molar-refractivity contribution in [2.45, 2.75) is 25.7 Å². The minimum absolute atomic E-state index is 0.0207. The molecule has 0 atom stereocenters. The summed E-state index contributed by atoms with van der Waals surface area (Å²) in [5.74, 6) is 1.81. The first-order valence-corrected chi connectivity index (χ1v) is 5.23. The molecule has 0 rings (SSSR count). The third-order valence-electron chi connectivity index (χ3n) is 1.32. The second-order valence-electron chi connectivity index (χ2n) is 2.37. The molecule has 0 heterocycles. The van der Waals surface area contributed by atoms with E-state index in [1.54, 1.807) is 11.8 Å². The zero-order valence-corrected chi connectivity index (χ0v) is 7.96. The lowest BCUT2D eigenvalue weighted by molar-refractivity contribution is 0.135. The van der Waals surface area contributed by atoms with Crippen LogP contribution in [-0.2, 0) is 0 Å². The highest BCUT2D eigenvalue weighted by atomic mass is 32.2. The van der Waals surface area contributed by atoms with Gasteiger partial charge in [-0.2, -0.15) is 11.8 Å². The predicted octanol–water partition coefficient (Wildman–Crippen LogP) is 3.55. The SMILES string of the molecule is [CH2]CSCC=CCCCC(F)F. The van der Waals surface area contributed by atoms with E-state index < -0.39 is 6.43 Å². The Bertz CT molecular complexity index is 113. The topological polar surface area (TPSA) is 0 Å². The van der Waals surface area contributed by atoms with Crippen molar-refractivity contribution in [3.8, 4) is 0 Å². The van der Waals surface area contributed by atoms with Crippen molar-refractivity contribution in [2.24, 2.45) is 0 Å². The molecule has 0 saturated carbocycles. The van der Waals surface area contributed by atoms with Crippen molar-refractivity contribution in [3.05, 3.63) is 19.1 Å². The quantitative estimate of drug-likeness (QED) is 0.440. The van der Waals surface area contributed by atoms with Crippen LogP contribution in [0.4, 0.5) is 8.78 Å². The number of unbranched alkanes of at least 4 members (excludes halogenated alkanes) is 1. The number of hydrogen-bond acceptors (Lipinski definition) is 1. The lowest BCUT2D eigenvalue weighted by Gasteiger charge is -1.94. The maximum atomic E-state index is 11.6. The Hall–Kier alpha value is -0.0500. The first-order chi connectivity index (χ1) is 5.77. The summed E-state index contributed by atoms with van der Waals surface area (Å²) in [6, 6.07) is 0. The van der Waals surface area contributed by atoms with E-state index in [4.69, 9.17) is 0 Å². The lowest BCUT2D eigenvalue weighted by atomic mass is 10.2. The van der Waals surface area contributed by atoms with Gasteiger partial charge in [0.15, 0.2) is 0 Å². The average Bonchev–Trinajstić information content (AvgIpc) is 2.02. The summed E-state index contributed by atoms with van der Waals surface area (Å²) in [5, 5.41) is 0. The minimum Gasteiger partial charge on any atom is -0.211 e. The maximum Gasteiger partial charge on any atom is 0.238 e. The van der Waals surface area contributed by atoms with Crippen molar-refractivity contribution < 1.29 is 8.78 Å². The largest absolute Gasteiger partial charge is 0.238 e. The fourth-order valence-electron chi connectivity index (χ4n) is 0.727. The van der Waals surface area contributed by atoms with Gasteiger partial charge in [-0.1, -0.05) is 12.2 Å². The summed E-state index contributed by atoms with van der Waals surface area (Å²) in [5.41, 5.74) is 0. The summed E-state index contributed by atoms with van der Waals surface area (Å²) in [4.78, 5) is 0. The van der Waals surface area contributed by atoms with Crippen molar-refractivity contribution in [2.75, 3.05) is 11.5 Å². The van der Waals surface area contributed by atoms with Gasteiger partial charge in [0.25, 0.3) is 0 Å². The molecule has 0 nitrogen and oxygen atoms in total. The van der Waals surface area contributed by atoms with Gasteiger partial charge in [-0.05, 0) is 25.5 Å². The fourth-order valence-corrected chi connectivity index (χ4v) is 1.17. The number of thioether (sulfide) groups is 1. The number of allylic oxidation sites excluding steroid dienone is 1. The molecular formula is C9H15F2S. The Labute approximate surface area is 77.4 Å². The van der Waals surface area contributed by atoms with Crippen LogP contribution in [0.2, 0.25) is 0 Å². The van der Waals surface area contributed by atoms with Gasteiger partial charge in [0.2, 0.25) is 6.43 Å². The van der Waals surface area contributed by atoms with Crippen molar-refractivity contribution in [3.63, 3.8) is 0 Å². The highest BCUT2D eigenvalue weighted by Crippen LogP contribution is 2.06. The number of alkyl halides is 2. The Morgan fingerprint density at radius 3 is 2.67 bits per heavy atom. The van der Waals surface area contributed by atoms with Gasteiger partial charge in [-0.3, -0.25) is 0 Å². The van der Waals surface area contributed by atoms with Crippen LogP contribution in [0.1, 0.15) is 19.3 Å². The first kappa shape index (κ1) is 11.9. The average molecular weight is 193 g/mol. The van der Waals surface area contributed by atoms with E-state index in [1.807, 2.05) is 12.2 Å². The van der Waals surface area contributed by atoms with E-state index in [2.05, 4.69) is 6.92 Å². The smallest absolute Gasteiger partial charge is 0.211 e. The third-order valence-corrected chi connectivity index (χ3v) is 2.04. The summed E-state index contributed by atoms with van der Waals surface area (Å²) >= 11 is 1.73. The second-order valence-corrected chi connectivity index (χ2v) is 3.52. The Kier molecular flexibility index (Phi) is 9.00. The zero-order valence-electron chi connectivity index (χ0n) is 7.14. The van der Waals surface area contributed by atoms with E-state index in [1.165, 1.54) is 0 Å². The van der Waals surface area contributed by atoms with E-state index in [0.29, 0.717) is 6.42 Å². The molecule has 0 spiro atoms. The molecule has 0 aliphatic heterocycles. The molecule has 0 aliphatic carbocycles. The fraction of sp³-hybridized carbons (Fsp3) is 0.667. The van der Waals surface area contributed by atoms with Gasteiger partial charge in [-0.25, -0.2) is 8.78 Å². The molecule has 71 valence electrons. The molecule has 0 aromatic rings. The van der Waals surface area contributed by atoms with Crippen LogP contribution in [0.25, 0.3) is 0 Å². The van der Waals surface area contributed by atoms with Gasteiger partial charge in [0.05, 0.1) is 0 Å². The van der Waals surface area contributed by atoms with Crippen LogP contribution in [0.5, 0.6) is 0 Å². The molecule has 0 aromatic carbocycles. The zero-order chi connectivity index (χ0) is 9.23. The highest BCUT2D eigenvalue weighted by molar-refractivity contribution is 7.99. The van der Waals surface area contributed by atoms with E-state index in [-0.39, 0.29) is 6.42 Å². The molecule has 0 aliphatic rings. The molecule has 0 aromatic heterocycles. The van der Waals surface area contributed by atoms with Crippen LogP contribution in [-0.4, -0.2) is 17.9 Å².